The van der Waals surface area contributed by atoms with Crippen LogP contribution in [0.25, 0.3) is 0 Å². The van der Waals surface area contributed by atoms with E-state index in [1.54, 1.807) is 17.8 Å². The molecule has 1 aliphatic rings. The summed E-state index contributed by atoms with van der Waals surface area (Å²) in [7, 11) is 3.87. The van der Waals surface area contributed by atoms with Crippen molar-refractivity contribution in [1.82, 2.24) is 19.7 Å². The second-order valence-electron chi connectivity index (χ2n) is 5.51. The Kier molecular flexibility index (Phi) is 3.52. The molecule has 3 heterocycles. The van der Waals surface area contributed by atoms with Gasteiger partial charge in [0.25, 0.3) is 5.56 Å². The molecule has 106 valence electrons. The molecule has 1 N–H and O–H groups in total. The average Bonchev–Trinajstić information content (AvgIpc) is 2.79. The van der Waals surface area contributed by atoms with E-state index >= 15 is 0 Å². The first-order valence-corrected chi connectivity index (χ1v) is 7.40. The first-order valence-electron chi connectivity index (χ1n) is 6.60. The Bertz CT molecular complexity index is 685. The summed E-state index contributed by atoms with van der Waals surface area (Å²) in [6.45, 7) is 2.12. The lowest BCUT2D eigenvalue weighted by atomic mass is 9.97. The van der Waals surface area contributed by atoms with Crippen molar-refractivity contribution < 1.29 is 0 Å². The van der Waals surface area contributed by atoms with Crippen LogP contribution in [0.5, 0.6) is 0 Å². The molecule has 0 aromatic carbocycles. The van der Waals surface area contributed by atoms with Crippen molar-refractivity contribution in [2.24, 2.45) is 7.05 Å². The standard InChI is InChI=1S/C14H17BrN4O/c1-18-6-10(7-18)13-5-12(16-17-13)4-9-3-11(15)8-19(2)14(9)20/h3,5,8,10H,4,6-7H2,1-2H3,(H,16,17). The predicted octanol–water partition coefficient (Wildman–Crippen LogP) is 1.49. The normalized spacial score (nSPS) is 16.4. The van der Waals surface area contributed by atoms with Gasteiger partial charge in [-0.15, -0.1) is 0 Å². The number of nitrogens with zero attached hydrogens (tertiary/aromatic N) is 3. The maximum atomic E-state index is 12.1. The van der Waals surface area contributed by atoms with Gasteiger partial charge in [0, 0.05) is 54.4 Å². The van der Waals surface area contributed by atoms with Gasteiger partial charge in [-0.1, -0.05) is 0 Å². The average molecular weight is 337 g/mol. The molecule has 0 radical (unpaired) electrons. The third-order valence-electron chi connectivity index (χ3n) is 3.74. The van der Waals surface area contributed by atoms with Crippen molar-refractivity contribution in [3.8, 4) is 0 Å². The number of aromatic amines is 1. The third kappa shape index (κ3) is 2.58. The Balaban J connectivity index is 1.80. The minimum Gasteiger partial charge on any atom is -0.317 e. The highest BCUT2D eigenvalue weighted by Gasteiger charge is 2.26. The van der Waals surface area contributed by atoms with Gasteiger partial charge < -0.3 is 9.47 Å². The van der Waals surface area contributed by atoms with Gasteiger partial charge in [-0.2, -0.15) is 5.10 Å². The molecule has 0 atom stereocenters. The molecule has 2 aromatic rings. The molecule has 1 saturated heterocycles. The number of H-pyrrole nitrogens is 1. The Morgan fingerprint density at radius 2 is 2.15 bits per heavy atom. The van der Waals surface area contributed by atoms with Crippen molar-refractivity contribution >= 4 is 15.9 Å². The van der Waals surface area contributed by atoms with Gasteiger partial charge in [-0.05, 0) is 35.1 Å². The van der Waals surface area contributed by atoms with Gasteiger partial charge in [-0.3, -0.25) is 9.89 Å². The van der Waals surface area contributed by atoms with Crippen LogP contribution in [-0.2, 0) is 13.5 Å². The minimum absolute atomic E-state index is 0.0349. The van der Waals surface area contributed by atoms with Crippen LogP contribution >= 0.6 is 15.9 Å². The highest BCUT2D eigenvalue weighted by molar-refractivity contribution is 9.10. The van der Waals surface area contributed by atoms with E-state index in [0.717, 1.165) is 34.5 Å². The fraction of sp³-hybridized carbons (Fsp3) is 0.429. The number of likely N-dealkylation sites (tertiary alicyclic amines) is 1. The number of hydrogen-bond acceptors (Lipinski definition) is 3. The summed E-state index contributed by atoms with van der Waals surface area (Å²) in [5.74, 6) is 0.523. The molecular weight excluding hydrogens is 320 g/mol. The van der Waals surface area contributed by atoms with Crippen LogP contribution in [0, 0.1) is 0 Å². The molecule has 0 bridgehead atoms. The van der Waals surface area contributed by atoms with Gasteiger partial charge in [0.1, 0.15) is 0 Å². The van der Waals surface area contributed by atoms with E-state index < -0.39 is 0 Å². The smallest absolute Gasteiger partial charge is 0.253 e. The maximum absolute atomic E-state index is 12.1. The summed E-state index contributed by atoms with van der Waals surface area (Å²) in [5.41, 5.74) is 2.89. The topological polar surface area (TPSA) is 53.9 Å². The zero-order chi connectivity index (χ0) is 14.3. The van der Waals surface area contributed by atoms with Gasteiger partial charge in [0.2, 0.25) is 0 Å². The van der Waals surface area contributed by atoms with Crippen LogP contribution in [0.15, 0.2) is 27.6 Å². The van der Waals surface area contributed by atoms with Crippen molar-refractivity contribution in [2.45, 2.75) is 12.3 Å². The number of halogens is 1. The van der Waals surface area contributed by atoms with Gasteiger partial charge in [-0.25, -0.2) is 0 Å². The Hall–Kier alpha value is -1.40. The molecule has 0 aliphatic carbocycles. The van der Waals surface area contributed by atoms with Gasteiger partial charge in [0.05, 0.1) is 5.69 Å². The second-order valence-corrected chi connectivity index (χ2v) is 6.43. The first-order chi connectivity index (χ1) is 9.52. The third-order valence-corrected chi connectivity index (χ3v) is 4.17. The summed E-state index contributed by atoms with van der Waals surface area (Å²) in [6.07, 6.45) is 2.36. The lowest BCUT2D eigenvalue weighted by Gasteiger charge is -2.34. The SMILES string of the molecule is CN1CC(c2cc(Cc3cc(Br)cn(C)c3=O)[nH]n2)C1. The molecule has 0 saturated carbocycles. The lowest BCUT2D eigenvalue weighted by molar-refractivity contribution is 0.186. The monoisotopic (exact) mass is 336 g/mol. The van der Waals surface area contributed by atoms with Crippen LogP contribution in [0.1, 0.15) is 22.9 Å². The molecule has 0 amide bonds. The molecule has 20 heavy (non-hydrogen) atoms. The number of hydrogen-bond donors (Lipinski definition) is 1. The fourth-order valence-electron chi connectivity index (χ4n) is 2.63. The zero-order valence-electron chi connectivity index (χ0n) is 11.6. The van der Waals surface area contributed by atoms with Crippen LogP contribution in [-0.4, -0.2) is 39.8 Å². The van der Waals surface area contributed by atoms with E-state index in [9.17, 15) is 4.79 Å². The van der Waals surface area contributed by atoms with E-state index in [0.29, 0.717) is 12.3 Å². The summed E-state index contributed by atoms with van der Waals surface area (Å²) in [5, 5.41) is 7.42. The molecule has 3 rings (SSSR count). The van der Waals surface area contributed by atoms with Crippen LogP contribution < -0.4 is 5.56 Å². The van der Waals surface area contributed by atoms with Crippen molar-refractivity contribution in [3.05, 3.63) is 50.1 Å². The highest BCUT2D eigenvalue weighted by Crippen LogP contribution is 2.24. The van der Waals surface area contributed by atoms with E-state index in [2.05, 4.69) is 44.1 Å². The number of pyridine rings is 1. The van der Waals surface area contributed by atoms with Crippen LogP contribution in [0.3, 0.4) is 0 Å². The van der Waals surface area contributed by atoms with E-state index in [4.69, 9.17) is 0 Å². The quantitative estimate of drug-likeness (QED) is 0.923. The molecule has 2 aromatic heterocycles. The van der Waals surface area contributed by atoms with Crippen molar-refractivity contribution in [3.63, 3.8) is 0 Å². The van der Waals surface area contributed by atoms with Gasteiger partial charge >= 0.3 is 0 Å². The Labute approximate surface area is 125 Å². The first kappa shape index (κ1) is 13.6. The maximum Gasteiger partial charge on any atom is 0.253 e. The fourth-order valence-corrected chi connectivity index (χ4v) is 3.22. The van der Waals surface area contributed by atoms with E-state index in [-0.39, 0.29) is 5.56 Å². The minimum atomic E-state index is 0.0349. The second kappa shape index (κ2) is 5.18. The number of aryl methyl sites for hydroxylation is 1. The van der Waals surface area contributed by atoms with Crippen molar-refractivity contribution in [1.29, 1.82) is 0 Å². The van der Waals surface area contributed by atoms with Gasteiger partial charge in [0.15, 0.2) is 0 Å². The number of likely N-dealkylation sites (N-methyl/N-ethyl adjacent to an activating group) is 1. The number of aromatic nitrogens is 3. The molecule has 6 heteroatoms. The number of rotatable bonds is 3. The summed E-state index contributed by atoms with van der Waals surface area (Å²) in [4.78, 5) is 14.3. The molecule has 1 fully saturated rings. The Morgan fingerprint density at radius 3 is 2.85 bits per heavy atom. The molecule has 5 nitrogen and oxygen atoms in total. The van der Waals surface area contributed by atoms with Crippen LogP contribution in [0.4, 0.5) is 0 Å². The zero-order valence-corrected chi connectivity index (χ0v) is 13.1. The predicted molar refractivity (Wildman–Crippen MR) is 81.0 cm³/mol. The van der Waals surface area contributed by atoms with Crippen molar-refractivity contribution in [2.75, 3.05) is 20.1 Å². The molecule has 1 aliphatic heterocycles. The lowest BCUT2D eigenvalue weighted by Crippen LogP contribution is -2.41. The summed E-state index contributed by atoms with van der Waals surface area (Å²) in [6, 6.07) is 3.96. The Morgan fingerprint density at radius 1 is 1.40 bits per heavy atom. The summed E-state index contributed by atoms with van der Waals surface area (Å²) >= 11 is 3.42. The summed E-state index contributed by atoms with van der Waals surface area (Å²) < 4.78 is 2.51. The van der Waals surface area contributed by atoms with Crippen LogP contribution in [0.2, 0.25) is 0 Å². The molecule has 0 spiro atoms. The number of nitrogens with one attached hydrogen (secondary N) is 1. The largest absolute Gasteiger partial charge is 0.317 e. The van der Waals surface area contributed by atoms with E-state index in [1.807, 2.05) is 6.07 Å². The van der Waals surface area contributed by atoms with E-state index in [1.165, 1.54) is 0 Å². The highest BCUT2D eigenvalue weighted by atomic mass is 79.9. The molecule has 0 unspecified atom stereocenters. The molecular formula is C14H17BrN4O.